The third kappa shape index (κ3) is 8.40. The Balaban J connectivity index is 5.72. The first kappa shape index (κ1) is 24.7. The van der Waals surface area contributed by atoms with Crippen LogP contribution in [0, 0.1) is 0 Å². The summed E-state index contributed by atoms with van der Waals surface area (Å²) in [6.45, 7) is 19.6. The van der Waals surface area contributed by atoms with Gasteiger partial charge in [0.15, 0.2) is 0 Å². The summed E-state index contributed by atoms with van der Waals surface area (Å²) >= 11 is -2.30. The number of unbranched alkanes of at least 4 members (excludes halogenated alkanes) is 3. The first-order chi connectivity index (χ1) is 11.3. The van der Waals surface area contributed by atoms with Gasteiger partial charge in [-0.15, -0.1) is 0 Å². The summed E-state index contributed by atoms with van der Waals surface area (Å²) in [4.78, 5) is 0. The van der Waals surface area contributed by atoms with Crippen LogP contribution in [0.3, 0.4) is 0 Å². The van der Waals surface area contributed by atoms with Crippen LogP contribution in [0.25, 0.3) is 0 Å². The van der Waals surface area contributed by atoms with Gasteiger partial charge in [0.1, 0.15) is 0 Å². The molecule has 0 aliphatic carbocycles. The van der Waals surface area contributed by atoms with Gasteiger partial charge in [-0.2, -0.15) is 0 Å². The molecule has 1 unspecified atom stereocenters. The maximum atomic E-state index is 9.50. The Labute approximate surface area is 158 Å². The molecule has 0 spiro atoms. The van der Waals surface area contributed by atoms with Gasteiger partial charge in [-0.05, 0) is 0 Å². The molecule has 0 bridgehead atoms. The van der Waals surface area contributed by atoms with Crippen molar-refractivity contribution in [1.29, 1.82) is 0 Å². The van der Waals surface area contributed by atoms with E-state index in [4.69, 9.17) is 6.58 Å². The molecular weight excluding hydrogens is 415 g/mol. The third-order valence-electron chi connectivity index (χ3n) is 5.86. The summed E-state index contributed by atoms with van der Waals surface area (Å²) in [6.07, 6.45) is 10.5. The fourth-order valence-corrected chi connectivity index (χ4v) is 29.7. The number of allylic oxidation sites excluding steroid dienone is 1. The fourth-order valence-electron chi connectivity index (χ4n) is 4.15. The molecule has 0 radical (unpaired) electrons. The summed E-state index contributed by atoms with van der Waals surface area (Å²) in [5.74, 6) is 0. The van der Waals surface area contributed by atoms with E-state index in [2.05, 4.69) is 40.4 Å². The van der Waals surface area contributed by atoms with Crippen molar-refractivity contribution < 1.29 is 5.11 Å². The van der Waals surface area contributed by atoms with Crippen molar-refractivity contribution in [3.8, 4) is 0 Å². The Kier molecular flexibility index (Phi) is 13.4. The van der Waals surface area contributed by atoms with Crippen molar-refractivity contribution in [2.75, 3.05) is 6.61 Å². The predicted octanol–water partition coefficient (Wildman–Crippen LogP) is 7.41. The van der Waals surface area contributed by atoms with E-state index in [9.17, 15) is 5.11 Å². The Morgan fingerprint density at radius 1 is 0.875 bits per heavy atom. The molecule has 0 heterocycles. The van der Waals surface area contributed by atoms with Gasteiger partial charge in [0.25, 0.3) is 0 Å². The quantitative estimate of drug-likeness (QED) is 0.252. The number of rotatable bonds is 15. The topological polar surface area (TPSA) is 20.2 Å². The van der Waals surface area contributed by atoms with Gasteiger partial charge < -0.3 is 0 Å². The van der Waals surface area contributed by atoms with Crippen molar-refractivity contribution in [2.24, 2.45) is 0 Å². The Morgan fingerprint density at radius 3 is 1.58 bits per heavy atom. The van der Waals surface area contributed by atoms with Gasteiger partial charge >= 0.3 is 159 Å². The maximum absolute atomic E-state index is 9.50. The second-order valence-corrected chi connectivity index (χ2v) is 28.1. The van der Waals surface area contributed by atoms with Crippen molar-refractivity contribution in [1.82, 2.24) is 0 Å². The van der Waals surface area contributed by atoms with Gasteiger partial charge in [0.2, 0.25) is 0 Å². The molecule has 0 aliphatic heterocycles. The molecule has 0 rings (SSSR count). The summed E-state index contributed by atoms with van der Waals surface area (Å²) in [5, 5.41) is 11.1. The number of hydrogen-bond acceptors (Lipinski definition) is 1. The summed E-state index contributed by atoms with van der Waals surface area (Å²) in [5.41, 5.74) is 0. The normalized spacial score (nSPS) is 14.0. The van der Waals surface area contributed by atoms with E-state index in [1.807, 2.05) is 0 Å². The number of aliphatic hydroxyl groups excluding tert-OH is 1. The van der Waals surface area contributed by atoms with Gasteiger partial charge in [-0.25, -0.2) is 0 Å². The van der Waals surface area contributed by atoms with Crippen LogP contribution in [0.4, 0.5) is 0 Å². The predicted molar refractivity (Wildman–Crippen MR) is 117 cm³/mol. The van der Waals surface area contributed by atoms with E-state index in [1.165, 1.54) is 44.9 Å². The molecule has 0 fully saturated rings. The molecule has 144 valence electrons. The molecule has 0 aromatic heterocycles. The van der Waals surface area contributed by atoms with Crippen LogP contribution in [0.5, 0.6) is 0 Å². The molecule has 0 aromatic rings. The van der Waals surface area contributed by atoms with Crippen LogP contribution in [0.2, 0.25) is 36.9 Å². The number of aliphatic hydroxyl groups is 1. The average molecular weight is 461 g/mol. The second kappa shape index (κ2) is 13.0. The molecule has 24 heavy (non-hydrogen) atoms. The van der Waals surface area contributed by atoms with Gasteiger partial charge in [0, 0.05) is 0 Å². The van der Waals surface area contributed by atoms with Crippen molar-refractivity contribution in [3.05, 3.63) is 11.8 Å². The third-order valence-corrected chi connectivity index (χ3v) is 26.5. The minimum atomic E-state index is -2.30. The van der Waals surface area contributed by atoms with Gasteiger partial charge in [-0.1, -0.05) is 0 Å². The van der Waals surface area contributed by atoms with Crippen LogP contribution in [-0.2, 0) is 0 Å². The van der Waals surface area contributed by atoms with E-state index in [0.717, 1.165) is 10.4 Å². The van der Waals surface area contributed by atoms with E-state index in [0.29, 0.717) is 6.61 Å². The zero-order chi connectivity index (χ0) is 18.6. The van der Waals surface area contributed by atoms with Crippen LogP contribution in [0.1, 0.15) is 72.1 Å². The van der Waals surface area contributed by atoms with E-state index >= 15 is 0 Å². The van der Waals surface area contributed by atoms with Gasteiger partial charge in [-0.3, -0.25) is 0 Å². The number of hydrogen-bond donors (Lipinski definition) is 1. The molecule has 0 aromatic carbocycles. The van der Waals surface area contributed by atoms with E-state index in [-0.39, 0.29) is 0 Å². The Morgan fingerprint density at radius 2 is 1.29 bits per heavy atom. The Bertz CT molecular complexity index is 313. The minimum absolute atomic E-state index is 0.354. The molecule has 3 heteroatoms. The van der Waals surface area contributed by atoms with Crippen LogP contribution >= 0.6 is 0 Å². The second-order valence-electron chi connectivity index (χ2n) is 8.87. The molecule has 1 nitrogen and oxygen atoms in total. The van der Waals surface area contributed by atoms with Crippen molar-refractivity contribution in [3.63, 3.8) is 0 Å². The summed E-state index contributed by atoms with van der Waals surface area (Å²) < 4.78 is 5.50. The van der Waals surface area contributed by atoms with Crippen molar-refractivity contribution >= 4 is 26.5 Å². The van der Waals surface area contributed by atoms with Crippen LogP contribution < -0.4 is 0 Å². The van der Waals surface area contributed by atoms with Crippen molar-refractivity contribution in [2.45, 2.75) is 109 Å². The monoisotopic (exact) mass is 462 g/mol. The summed E-state index contributed by atoms with van der Waals surface area (Å²) in [7, 11) is -1.32. The molecule has 0 aliphatic rings. The van der Waals surface area contributed by atoms with Crippen LogP contribution in [0.15, 0.2) is 11.8 Å². The average Bonchev–Trinajstić information content (AvgIpc) is 2.54. The SMILES string of the molecule is C=C([CH](CCCO)[Sn]([CH2]CCC)([CH2]CCC)[CH2]CCC)[Si](C)(C)C. The molecule has 0 saturated carbocycles. The molecule has 1 N–H and O–H groups in total. The molecular formula is C21H46OSiSn. The summed E-state index contributed by atoms with van der Waals surface area (Å²) in [6, 6.07) is 0. The zero-order valence-corrected chi connectivity index (χ0v) is 21.6. The van der Waals surface area contributed by atoms with Crippen LogP contribution in [-0.4, -0.2) is 38.2 Å². The van der Waals surface area contributed by atoms with E-state index in [1.54, 1.807) is 18.5 Å². The van der Waals surface area contributed by atoms with Gasteiger partial charge in [0.05, 0.1) is 0 Å². The fraction of sp³-hybridized carbons (Fsp3) is 0.905. The molecule has 0 saturated heterocycles. The van der Waals surface area contributed by atoms with E-state index < -0.39 is 26.5 Å². The zero-order valence-electron chi connectivity index (χ0n) is 17.7. The molecule has 1 atom stereocenters. The first-order valence-corrected chi connectivity index (χ1v) is 21.8. The molecule has 0 amide bonds. The first-order valence-electron chi connectivity index (χ1n) is 10.6. The standard InChI is InChI=1S/C9H19OSi.3C4H9.Sn/c1-9(11(2,3)4)7-5-6-8-10;3*1-3-4-2;/h7,10H,1,5-6,8H2,2-4H3;3*1,3-4H2,2H3;. The Hall–Kier alpha value is 0.716.